The second-order valence-electron chi connectivity index (χ2n) is 6.49. The number of pyridine rings is 1. The van der Waals surface area contributed by atoms with Crippen molar-refractivity contribution in [1.82, 2.24) is 10.3 Å². The third kappa shape index (κ3) is 4.19. The molecule has 0 fully saturated rings. The van der Waals surface area contributed by atoms with Crippen LogP contribution in [0.4, 0.5) is 4.39 Å². The van der Waals surface area contributed by atoms with Gasteiger partial charge in [-0.25, -0.2) is 9.18 Å². The molecule has 1 aliphatic rings. The van der Waals surface area contributed by atoms with Crippen molar-refractivity contribution in [2.45, 2.75) is 38.1 Å². The van der Waals surface area contributed by atoms with E-state index < -0.39 is 29.3 Å². The summed E-state index contributed by atoms with van der Waals surface area (Å²) in [5.41, 5.74) is 1.00. The largest absolute Gasteiger partial charge is 0.479 e. The Morgan fingerprint density at radius 1 is 1.19 bits per heavy atom. The van der Waals surface area contributed by atoms with Crippen LogP contribution in [0.25, 0.3) is 0 Å². The number of aliphatic carboxylic acids is 1. The minimum absolute atomic E-state index is 0.0175. The highest BCUT2D eigenvalue weighted by atomic mass is 35.5. The summed E-state index contributed by atoms with van der Waals surface area (Å²) in [5.74, 6) is -3.00. The molecule has 0 saturated carbocycles. The van der Waals surface area contributed by atoms with Crippen LogP contribution < -0.4 is 10.9 Å². The summed E-state index contributed by atoms with van der Waals surface area (Å²) >= 11 is 5.61. The number of hydrogen-bond acceptors (Lipinski definition) is 3. The first-order valence-electron chi connectivity index (χ1n) is 8.60. The van der Waals surface area contributed by atoms with Gasteiger partial charge in [0.2, 0.25) is 0 Å². The molecule has 0 saturated heterocycles. The number of fused-ring (bicyclic) bond motifs is 1. The third-order valence-electron chi connectivity index (χ3n) is 4.63. The van der Waals surface area contributed by atoms with E-state index in [4.69, 9.17) is 11.6 Å². The number of rotatable bonds is 4. The lowest BCUT2D eigenvalue weighted by Gasteiger charge is -2.16. The van der Waals surface area contributed by atoms with Gasteiger partial charge < -0.3 is 15.4 Å². The van der Waals surface area contributed by atoms with Crippen molar-refractivity contribution in [3.05, 3.63) is 67.8 Å². The van der Waals surface area contributed by atoms with Crippen LogP contribution in [0.15, 0.2) is 29.1 Å². The van der Waals surface area contributed by atoms with Crippen molar-refractivity contribution in [2.24, 2.45) is 0 Å². The molecule has 3 N–H and O–H groups in total. The first-order chi connectivity index (χ1) is 12.9. The highest BCUT2D eigenvalue weighted by Crippen LogP contribution is 2.22. The molecule has 2 aromatic rings. The van der Waals surface area contributed by atoms with Gasteiger partial charge in [-0.15, -0.1) is 0 Å². The van der Waals surface area contributed by atoms with Gasteiger partial charge in [-0.05, 0) is 55.0 Å². The second-order valence-corrected chi connectivity index (χ2v) is 6.90. The SMILES string of the molecule is O=C(NC(C(=O)O)c1ccc(Cl)c(F)c1)c1cc2c([nH]c1=O)CCCCC2. The Morgan fingerprint density at radius 3 is 2.63 bits per heavy atom. The molecule has 3 rings (SSSR count). The number of halogens is 2. The Bertz CT molecular complexity index is 957. The molecule has 142 valence electrons. The topological polar surface area (TPSA) is 99.3 Å². The van der Waals surface area contributed by atoms with E-state index in [1.165, 1.54) is 18.2 Å². The van der Waals surface area contributed by atoms with Crippen molar-refractivity contribution in [2.75, 3.05) is 0 Å². The zero-order valence-electron chi connectivity index (χ0n) is 14.4. The normalized spacial score (nSPS) is 14.7. The van der Waals surface area contributed by atoms with Gasteiger partial charge in [-0.1, -0.05) is 24.1 Å². The second kappa shape index (κ2) is 7.92. The van der Waals surface area contributed by atoms with Gasteiger partial charge in [0.15, 0.2) is 6.04 Å². The minimum atomic E-state index is -1.51. The number of amides is 1. The van der Waals surface area contributed by atoms with Crippen LogP contribution >= 0.6 is 11.6 Å². The zero-order chi connectivity index (χ0) is 19.6. The van der Waals surface area contributed by atoms with Crippen LogP contribution in [-0.4, -0.2) is 22.0 Å². The summed E-state index contributed by atoms with van der Waals surface area (Å²) in [7, 11) is 0. The fourth-order valence-electron chi connectivity index (χ4n) is 3.21. The maximum atomic E-state index is 13.7. The first-order valence-corrected chi connectivity index (χ1v) is 8.98. The monoisotopic (exact) mass is 392 g/mol. The van der Waals surface area contributed by atoms with Crippen LogP contribution in [0, 0.1) is 5.82 Å². The van der Waals surface area contributed by atoms with E-state index >= 15 is 0 Å². The van der Waals surface area contributed by atoms with E-state index in [1.54, 1.807) is 0 Å². The molecule has 1 atom stereocenters. The van der Waals surface area contributed by atoms with Crippen LogP contribution in [0.3, 0.4) is 0 Å². The number of aromatic nitrogens is 1. The summed E-state index contributed by atoms with van der Waals surface area (Å²) in [5, 5.41) is 11.6. The summed E-state index contributed by atoms with van der Waals surface area (Å²) in [4.78, 5) is 39.2. The van der Waals surface area contributed by atoms with Crippen LogP contribution in [0.5, 0.6) is 0 Å². The van der Waals surface area contributed by atoms with Gasteiger partial charge in [-0.2, -0.15) is 0 Å². The fraction of sp³-hybridized carbons (Fsp3) is 0.316. The minimum Gasteiger partial charge on any atom is -0.479 e. The van der Waals surface area contributed by atoms with Crippen molar-refractivity contribution in [3.63, 3.8) is 0 Å². The average Bonchev–Trinajstić information content (AvgIpc) is 2.85. The van der Waals surface area contributed by atoms with E-state index in [9.17, 15) is 23.9 Å². The summed E-state index contributed by atoms with van der Waals surface area (Å²) in [6.45, 7) is 0. The molecule has 1 aromatic carbocycles. The lowest BCUT2D eigenvalue weighted by molar-refractivity contribution is -0.139. The Balaban J connectivity index is 1.90. The van der Waals surface area contributed by atoms with Crippen LogP contribution in [-0.2, 0) is 17.6 Å². The highest BCUT2D eigenvalue weighted by molar-refractivity contribution is 6.30. The van der Waals surface area contributed by atoms with Gasteiger partial charge in [0.25, 0.3) is 11.5 Å². The molecular formula is C19H18ClFN2O4. The van der Waals surface area contributed by atoms with Crippen LogP contribution in [0.2, 0.25) is 5.02 Å². The Kier molecular flexibility index (Phi) is 5.60. The molecule has 0 bridgehead atoms. The predicted octanol–water partition coefficient (Wildman–Crippen LogP) is 2.99. The van der Waals surface area contributed by atoms with Crippen molar-refractivity contribution in [3.8, 4) is 0 Å². The Morgan fingerprint density at radius 2 is 1.93 bits per heavy atom. The van der Waals surface area contributed by atoms with Crippen LogP contribution in [0.1, 0.15) is 52.5 Å². The molecule has 0 spiro atoms. The van der Waals surface area contributed by atoms with Gasteiger partial charge in [0.1, 0.15) is 11.4 Å². The van der Waals surface area contributed by atoms with Crippen molar-refractivity contribution < 1.29 is 19.1 Å². The molecule has 27 heavy (non-hydrogen) atoms. The standard InChI is InChI=1S/C19H18ClFN2O4/c20-13-7-6-11(9-14(13)21)16(19(26)27)23-18(25)12-8-10-4-2-1-3-5-15(10)22-17(12)24/h6-9,16H,1-5H2,(H,22,24)(H,23,25)(H,26,27). The number of carboxylic acids is 1. The molecule has 8 heteroatoms. The van der Waals surface area contributed by atoms with Gasteiger partial charge in [0.05, 0.1) is 5.02 Å². The first kappa shape index (κ1) is 19.1. The molecule has 0 radical (unpaired) electrons. The molecule has 1 unspecified atom stereocenters. The van der Waals surface area contributed by atoms with E-state index in [0.29, 0.717) is 0 Å². The predicted molar refractivity (Wildman–Crippen MR) is 97.6 cm³/mol. The average molecular weight is 393 g/mol. The van der Waals surface area contributed by atoms with Crippen molar-refractivity contribution >= 4 is 23.5 Å². The quantitative estimate of drug-likeness (QED) is 0.696. The van der Waals surface area contributed by atoms with Gasteiger partial charge in [0, 0.05) is 5.69 Å². The number of benzene rings is 1. The van der Waals surface area contributed by atoms with E-state index in [0.717, 1.165) is 49.4 Å². The zero-order valence-corrected chi connectivity index (χ0v) is 15.1. The molecule has 1 aromatic heterocycles. The molecule has 1 aliphatic carbocycles. The van der Waals surface area contributed by atoms with Crippen molar-refractivity contribution in [1.29, 1.82) is 0 Å². The van der Waals surface area contributed by atoms with Gasteiger partial charge >= 0.3 is 5.97 Å². The Labute approximate surface area is 159 Å². The van der Waals surface area contributed by atoms with Gasteiger partial charge in [-0.3, -0.25) is 9.59 Å². The number of carbonyl (C=O) groups excluding carboxylic acids is 1. The third-order valence-corrected chi connectivity index (χ3v) is 4.94. The number of aromatic amines is 1. The summed E-state index contributed by atoms with van der Waals surface area (Å²) in [6, 6.07) is 3.48. The molecular weight excluding hydrogens is 375 g/mol. The number of aryl methyl sites for hydroxylation is 2. The van der Waals surface area contributed by atoms with E-state index in [-0.39, 0.29) is 16.1 Å². The molecule has 1 heterocycles. The number of nitrogens with one attached hydrogen (secondary N) is 2. The smallest absolute Gasteiger partial charge is 0.330 e. The molecule has 0 aliphatic heterocycles. The maximum Gasteiger partial charge on any atom is 0.330 e. The number of carboxylic acid groups (broad SMARTS) is 1. The lowest BCUT2D eigenvalue weighted by Crippen LogP contribution is -2.37. The lowest BCUT2D eigenvalue weighted by atomic mass is 10.0. The summed E-state index contributed by atoms with van der Waals surface area (Å²) < 4.78 is 13.7. The maximum absolute atomic E-state index is 13.7. The highest BCUT2D eigenvalue weighted by Gasteiger charge is 2.25. The van der Waals surface area contributed by atoms with E-state index in [1.807, 2.05) is 0 Å². The Hall–Kier alpha value is -2.67. The molecule has 6 nitrogen and oxygen atoms in total. The van der Waals surface area contributed by atoms with E-state index in [2.05, 4.69) is 10.3 Å². The molecule has 1 amide bonds. The summed E-state index contributed by atoms with van der Waals surface area (Å²) in [6.07, 6.45) is 4.46. The fourth-order valence-corrected chi connectivity index (χ4v) is 3.33. The number of hydrogen-bond donors (Lipinski definition) is 3. The number of carbonyl (C=O) groups is 2. The number of H-pyrrole nitrogens is 1.